The zero-order chi connectivity index (χ0) is 14.1. The van der Waals surface area contributed by atoms with Crippen LogP contribution >= 0.6 is 11.6 Å². The molecule has 1 N–H and O–H groups in total. The fraction of sp³-hybridized carbons (Fsp3) is 0.0625. The Morgan fingerprint density at radius 2 is 1.80 bits per heavy atom. The summed E-state index contributed by atoms with van der Waals surface area (Å²) in [7, 11) is 1.89. The van der Waals surface area contributed by atoms with Crippen molar-refractivity contribution in [1.29, 1.82) is 0 Å². The highest BCUT2D eigenvalue weighted by Crippen LogP contribution is 2.20. The molecule has 0 aliphatic carbocycles. The minimum absolute atomic E-state index is 0.133. The van der Waals surface area contributed by atoms with E-state index in [-0.39, 0.29) is 5.91 Å². The normalized spacial score (nSPS) is 10.7. The minimum Gasteiger partial charge on any atom is -0.340 e. The first-order chi connectivity index (χ1) is 9.65. The molecule has 3 nitrogen and oxygen atoms in total. The molecule has 0 fully saturated rings. The van der Waals surface area contributed by atoms with Gasteiger partial charge in [0.05, 0.1) is 0 Å². The molecule has 0 bridgehead atoms. The van der Waals surface area contributed by atoms with Crippen molar-refractivity contribution in [3.05, 3.63) is 65.3 Å². The summed E-state index contributed by atoms with van der Waals surface area (Å²) < 4.78 is 1.89. The molecular formula is C16H13ClN2O. The van der Waals surface area contributed by atoms with E-state index in [0.29, 0.717) is 10.7 Å². The predicted octanol–water partition coefficient (Wildman–Crippen LogP) is 4.08. The van der Waals surface area contributed by atoms with E-state index in [9.17, 15) is 4.79 Å². The number of para-hydroxylation sites is 1. The van der Waals surface area contributed by atoms with Crippen LogP contribution in [0.25, 0.3) is 10.9 Å². The Morgan fingerprint density at radius 3 is 2.50 bits per heavy atom. The van der Waals surface area contributed by atoms with Crippen molar-refractivity contribution in [3.63, 3.8) is 0 Å². The van der Waals surface area contributed by atoms with Crippen LogP contribution in [-0.4, -0.2) is 10.5 Å². The number of halogens is 1. The summed E-state index contributed by atoms with van der Waals surface area (Å²) in [4.78, 5) is 12.3. The van der Waals surface area contributed by atoms with Gasteiger partial charge in [0.25, 0.3) is 5.91 Å². The molecule has 1 heterocycles. The van der Waals surface area contributed by atoms with Crippen LogP contribution in [0.4, 0.5) is 5.69 Å². The van der Waals surface area contributed by atoms with Crippen LogP contribution in [0.3, 0.4) is 0 Å². The lowest BCUT2D eigenvalue weighted by atomic mass is 10.2. The van der Waals surface area contributed by atoms with Gasteiger partial charge in [0.15, 0.2) is 0 Å². The van der Waals surface area contributed by atoms with Crippen LogP contribution in [0.2, 0.25) is 5.02 Å². The number of fused-ring (bicyclic) bond motifs is 1. The number of rotatable bonds is 2. The van der Waals surface area contributed by atoms with Gasteiger partial charge in [0, 0.05) is 28.7 Å². The fourth-order valence-electron chi connectivity index (χ4n) is 2.24. The van der Waals surface area contributed by atoms with Gasteiger partial charge in [-0.25, -0.2) is 0 Å². The van der Waals surface area contributed by atoms with Crippen molar-refractivity contribution in [2.24, 2.45) is 7.05 Å². The van der Waals surface area contributed by atoms with Crippen LogP contribution in [0.1, 0.15) is 10.5 Å². The first-order valence-corrected chi connectivity index (χ1v) is 6.64. The van der Waals surface area contributed by atoms with Crippen molar-refractivity contribution in [1.82, 2.24) is 4.57 Å². The summed E-state index contributed by atoms with van der Waals surface area (Å²) in [5.74, 6) is -0.133. The lowest BCUT2D eigenvalue weighted by molar-refractivity contribution is 0.102. The number of benzene rings is 2. The number of aryl methyl sites for hydroxylation is 1. The number of carbonyl (C=O) groups excluding carboxylic acids is 1. The summed E-state index contributed by atoms with van der Waals surface area (Å²) in [5, 5.41) is 4.57. The number of nitrogens with zero attached hydrogens (tertiary/aromatic N) is 1. The van der Waals surface area contributed by atoms with Crippen molar-refractivity contribution >= 4 is 34.1 Å². The van der Waals surface area contributed by atoms with E-state index < -0.39 is 0 Å². The molecule has 0 unspecified atom stereocenters. The standard InChI is InChI=1S/C16H13ClN2O/c1-19-14-5-3-2-4-11(14)10-15(19)16(20)18-13-8-6-12(17)7-9-13/h2-10H,1H3,(H,18,20). The molecule has 4 heteroatoms. The monoisotopic (exact) mass is 284 g/mol. The maximum Gasteiger partial charge on any atom is 0.272 e. The third kappa shape index (κ3) is 2.28. The molecule has 1 amide bonds. The predicted molar refractivity (Wildman–Crippen MR) is 82.3 cm³/mol. The zero-order valence-corrected chi connectivity index (χ0v) is 11.7. The lowest BCUT2D eigenvalue weighted by Crippen LogP contribution is -2.15. The first kappa shape index (κ1) is 12.8. The molecule has 2 aromatic carbocycles. The maximum atomic E-state index is 12.3. The van der Waals surface area contributed by atoms with Gasteiger partial charge in [-0.2, -0.15) is 0 Å². The average molecular weight is 285 g/mol. The topological polar surface area (TPSA) is 34.0 Å². The van der Waals surface area contributed by atoms with Gasteiger partial charge < -0.3 is 9.88 Å². The van der Waals surface area contributed by atoms with Crippen LogP contribution in [0, 0.1) is 0 Å². The second kappa shape index (κ2) is 5.02. The molecule has 0 saturated heterocycles. The molecule has 0 radical (unpaired) electrons. The molecule has 20 heavy (non-hydrogen) atoms. The number of anilines is 1. The number of carbonyl (C=O) groups is 1. The molecule has 100 valence electrons. The second-order valence-corrected chi connectivity index (χ2v) is 5.04. The number of aromatic nitrogens is 1. The Balaban J connectivity index is 1.92. The first-order valence-electron chi connectivity index (χ1n) is 6.26. The van der Waals surface area contributed by atoms with E-state index >= 15 is 0 Å². The summed E-state index contributed by atoms with van der Waals surface area (Å²) in [6.45, 7) is 0. The molecular weight excluding hydrogens is 272 g/mol. The average Bonchev–Trinajstić information content (AvgIpc) is 2.79. The summed E-state index contributed by atoms with van der Waals surface area (Å²) in [5.41, 5.74) is 2.39. The van der Waals surface area contributed by atoms with Crippen molar-refractivity contribution < 1.29 is 4.79 Å². The van der Waals surface area contributed by atoms with Crippen molar-refractivity contribution in [2.45, 2.75) is 0 Å². The third-order valence-electron chi connectivity index (χ3n) is 3.29. The minimum atomic E-state index is -0.133. The third-order valence-corrected chi connectivity index (χ3v) is 3.54. The highest BCUT2D eigenvalue weighted by molar-refractivity contribution is 6.30. The molecule has 1 aromatic heterocycles. The Hall–Kier alpha value is -2.26. The van der Waals surface area contributed by atoms with Crippen LogP contribution in [0.15, 0.2) is 54.6 Å². The van der Waals surface area contributed by atoms with E-state index in [1.807, 2.05) is 41.9 Å². The van der Waals surface area contributed by atoms with E-state index in [4.69, 9.17) is 11.6 Å². The van der Waals surface area contributed by atoms with Gasteiger partial charge in [-0.1, -0.05) is 29.8 Å². The van der Waals surface area contributed by atoms with Gasteiger partial charge in [0.1, 0.15) is 5.69 Å². The van der Waals surface area contributed by atoms with E-state index in [1.54, 1.807) is 24.3 Å². The van der Waals surface area contributed by atoms with E-state index in [1.165, 1.54) is 0 Å². The smallest absolute Gasteiger partial charge is 0.272 e. The SMILES string of the molecule is Cn1c(C(=O)Nc2ccc(Cl)cc2)cc2ccccc21. The zero-order valence-electron chi connectivity index (χ0n) is 10.9. The lowest BCUT2D eigenvalue weighted by Gasteiger charge is -2.06. The molecule has 0 atom stereocenters. The van der Waals surface area contributed by atoms with Gasteiger partial charge in [0.2, 0.25) is 0 Å². The van der Waals surface area contributed by atoms with Gasteiger partial charge >= 0.3 is 0 Å². The van der Waals surface area contributed by atoms with Gasteiger partial charge in [-0.05, 0) is 36.4 Å². The Morgan fingerprint density at radius 1 is 1.10 bits per heavy atom. The van der Waals surface area contributed by atoms with Crippen LogP contribution in [-0.2, 0) is 7.05 Å². The second-order valence-electron chi connectivity index (χ2n) is 4.61. The summed E-state index contributed by atoms with van der Waals surface area (Å²) in [6, 6.07) is 16.9. The van der Waals surface area contributed by atoms with Crippen molar-refractivity contribution in [3.8, 4) is 0 Å². The summed E-state index contributed by atoms with van der Waals surface area (Å²) in [6.07, 6.45) is 0. The molecule has 0 spiro atoms. The molecule has 3 rings (SSSR count). The van der Waals surface area contributed by atoms with E-state index in [2.05, 4.69) is 5.32 Å². The van der Waals surface area contributed by atoms with Crippen LogP contribution in [0.5, 0.6) is 0 Å². The Labute approximate surface area is 121 Å². The van der Waals surface area contributed by atoms with Crippen LogP contribution < -0.4 is 5.32 Å². The van der Waals surface area contributed by atoms with Gasteiger partial charge in [-0.15, -0.1) is 0 Å². The molecule has 0 saturated carbocycles. The van der Waals surface area contributed by atoms with Gasteiger partial charge in [-0.3, -0.25) is 4.79 Å². The number of hydrogen-bond acceptors (Lipinski definition) is 1. The number of hydrogen-bond donors (Lipinski definition) is 1. The molecule has 0 aliphatic rings. The Bertz CT molecular complexity index is 775. The van der Waals surface area contributed by atoms with E-state index in [0.717, 1.165) is 16.6 Å². The maximum absolute atomic E-state index is 12.3. The largest absolute Gasteiger partial charge is 0.340 e. The fourth-order valence-corrected chi connectivity index (χ4v) is 2.36. The Kier molecular flexibility index (Phi) is 3.20. The number of nitrogens with one attached hydrogen (secondary N) is 1. The van der Waals surface area contributed by atoms with Crippen molar-refractivity contribution in [2.75, 3.05) is 5.32 Å². The number of amides is 1. The highest BCUT2D eigenvalue weighted by Gasteiger charge is 2.13. The summed E-state index contributed by atoms with van der Waals surface area (Å²) >= 11 is 5.83. The quantitative estimate of drug-likeness (QED) is 0.756. The molecule has 3 aromatic rings. The molecule has 0 aliphatic heterocycles. The highest BCUT2D eigenvalue weighted by atomic mass is 35.5.